The van der Waals surface area contributed by atoms with Gasteiger partial charge in [-0.1, -0.05) is 6.92 Å². The first-order chi connectivity index (χ1) is 4.26. The number of nitrogens with zero attached hydrogens (tertiary/aromatic N) is 1. The molecule has 0 aliphatic heterocycles. The van der Waals surface area contributed by atoms with E-state index in [1.54, 1.807) is 0 Å². The Morgan fingerprint density at radius 3 is 1.80 bits per heavy atom. The van der Waals surface area contributed by atoms with E-state index in [0.717, 1.165) is 13.1 Å². The van der Waals surface area contributed by atoms with Crippen molar-refractivity contribution in [1.82, 2.24) is 4.90 Å². The van der Waals surface area contributed by atoms with Gasteiger partial charge < -0.3 is 18.7 Å². The minimum atomic E-state index is 0. The van der Waals surface area contributed by atoms with Gasteiger partial charge in [-0.15, -0.1) is 13.1 Å². The van der Waals surface area contributed by atoms with Crippen molar-refractivity contribution in [2.45, 2.75) is 26.3 Å². The van der Waals surface area contributed by atoms with Crippen LogP contribution in [0, 0.1) is 45.0 Å². The third-order valence-corrected chi connectivity index (χ3v) is 1.79. The number of rotatable bonds is 4. The molecule has 0 aliphatic rings. The first-order valence-electron chi connectivity index (χ1n) is 3.58. The topological polar surface area (TPSA) is 3.24 Å². The number of hydrogen-bond donors (Lipinski definition) is 0. The maximum atomic E-state index is 3.81. The van der Waals surface area contributed by atoms with Crippen molar-refractivity contribution in [2.75, 3.05) is 13.1 Å². The Morgan fingerprint density at radius 2 is 1.70 bits per heavy atom. The van der Waals surface area contributed by atoms with E-state index >= 15 is 0 Å². The van der Waals surface area contributed by atoms with E-state index in [4.69, 9.17) is 0 Å². The van der Waals surface area contributed by atoms with Crippen molar-refractivity contribution in [3.05, 3.63) is 13.8 Å². The first kappa shape index (κ1) is 13.6. The molecule has 0 fully saturated rings. The van der Waals surface area contributed by atoms with Crippen LogP contribution < -0.4 is 0 Å². The second-order valence-electron chi connectivity index (χ2n) is 2.29. The molecule has 0 rings (SSSR count). The molecule has 0 spiro atoms. The van der Waals surface area contributed by atoms with Gasteiger partial charge in [0.25, 0.3) is 0 Å². The summed E-state index contributed by atoms with van der Waals surface area (Å²) in [4.78, 5) is 2.25. The van der Waals surface area contributed by atoms with E-state index in [9.17, 15) is 0 Å². The zero-order chi connectivity index (χ0) is 7.28. The van der Waals surface area contributed by atoms with Gasteiger partial charge in [-0.2, -0.15) is 0 Å². The van der Waals surface area contributed by atoms with Crippen molar-refractivity contribution in [3.63, 3.8) is 0 Å². The van der Waals surface area contributed by atoms with Crippen LogP contribution in [-0.2, 0) is 0 Å². The molecular formula is C8H17NU. The van der Waals surface area contributed by atoms with E-state index in [1.807, 2.05) is 0 Å². The van der Waals surface area contributed by atoms with Gasteiger partial charge in [-0.25, -0.2) is 0 Å². The smallest absolute Gasteiger partial charge is 0.360 e. The minimum Gasteiger partial charge on any atom is -0.360 e. The van der Waals surface area contributed by atoms with Gasteiger partial charge in [0.05, 0.1) is 0 Å². The van der Waals surface area contributed by atoms with E-state index < -0.39 is 0 Å². The van der Waals surface area contributed by atoms with Crippen LogP contribution in [0.4, 0.5) is 0 Å². The SMILES string of the molecule is [CH2-]CN(C[CH2-])[C@@H](C)CC.[U+2]. The third kappa shape index (κ3) is 4.77. The van der Waals surface area contributed by atoms with E-state index in [2.05, 4.69) is 32.6 Å². The zero-order valence-electron chi connectivity index (χ0n) is 7.06. The predicted octanol–water partition coefficient (Wildman–Crippen LogP) is 1.76. The fraction of sp³-hybridized carbons (Fsp3) is 0.750. The number of hydrogen-bond acceptors (Lipinski definition) is 1. The largest absolute Gasteiger partial charge is 2.00 e. The van der Waals surface area contributed by atoms with E-state index in [0.29, 0.717) is 6.04 Å². The fourth-order valence-corrected chi connectivity index (χ4v) is 0.811. The van der Waals surface area contributed by atoms with Crippen molar-refractivity contribution in [3.8, 4) is 0 Å². The molecule has 10 heavy (non-hydrogen) atoms. The molecule has 58 valence electrons. The average molecular weight is 365 g/mol. The fourth-order valence-electron chi connectivity index (χ4n) is 0.811. The maximum Gasteiger partial charge on any atom is 2.00 e. The Hall–Kier alpha value is 1.01. The second-order valence-corrected chi connectivity index (χ2v) is 2.29. The van der Waals surface area contributed by atoms with Gasteiger partial charge in [0.1, 0.15) is 0 Å². The minimum absolute atomic E-state index is 0. The van der Waals surface area contributed by atoms with Crippen LogP contribution in [0.25, 0.3) is 0 Å². The average Bonchev–Trinajstić information content (AvgIpc) is 1.90. The molecule has 0 aliphatic carbocycles. The van der Waals surface area contributed by atoms with Crippen LogP contribution in [0.15, 0.2) is 0 Å². The summed E-state index contributed by atoms with van der Waals surface area (Å²) >= 11 is 0. The summed E-state index contributed by atoms with van der Waals surface area (Å²) in [5.41, 5.74) is 0. The summed E-state index contributed by atoms with van der Waals surface area (Å²) in [5.74, 6) is 0. The molecule has 0 heterocycles. The molecule has 0 unspecified atom stereocenters. The third-order valence-electron chi connectivity index (χ3n) is 1.79. The van der Waals surface area contributed by atoms with Crippen molar-refractivity contribution in [1.29, 1.82) is 0 Å². The Morgan fingerprint density at radius 1 is 1.30 bits per heavy atom. The first-order valence-corrected chi connectivity index (χ1v) is 3.58. The van der Waals surface area contributed by atoms with Crippen LogP contribution in [0.2, 0.25) is 0 Å². The van der Waals surface area contributed by atoms with Crippen LogP contribution in [-0.4, -0.2) is 24.0 Å². The normalized spacial score (nSPS) is 12.9. The van der Waals surface area contributed by atoms with Gasteiger partial charge in [0.2, 0.25) is 0 Å². The molecule has 1 nitrogen and oxygen atoms in total. The summed E-state index contributed by atoms with van der Waals surface area (Å²) in [7, 11) is 0. The predicted molar refractivity (Wildman–Crippen MR) is 42.0 cm³/mol. The summed E-state index contributed by atoms with van der Waals surface area (Å²) in [5, 5.41) is 0. The molecule has 0 aromatic rings. The molecule has 0 N–H and O–H groups in total. The maximum absolute atomic E-state index is 3.81. The molecule has 0 amide bonds. The van der Waals surface area contributed by atoms with Gasteiger partial charge in [0, 0.05) is 6.04 Å². The summed E-state index contributed by atoms with van der Waals surface area (Å²) < 4.78 is 0. The van der Waals surface area contributed by atoms with Gasteiger partial charge >= 0.3 is 31.1 Å². The van der Waals surface area contributed by atoms with Crippen LogP contribution >= 0.6 is 0 Å². The van der Waals surface area contributed by atoms with Crippen molar-refractivity contribution in [2.24, 2.45) is 0 Å². The molecule has 0 aromatic heterocycles. The van der Waals surface area contributed by atoms with Crippen LogP contribution in [0.1, 0.15) is 20.3 Å². The Balaban J connectivity index is 0. The zero-order valence-corrected chi connectivity index (χ0v) is 11.2. The second kappa shape index (κ2) is 8.11. The molecular weight excluding hydrogens is 348 g/mol. The summed E-state index contributed by atoms with van der Waals surface area (Å²) in [6.07, 6.45) is 1.19. The monoisotopic (exact) mass is 365 g/mol. The standard InChI is InChI=1S/C8H17N.U/c1-5-8(4)9(6-2)7-3;/h8H,2-3,5-7H2,1,4H3;/q-2;+2/t8-;/m0./s1. The quantitative estimate of drug-likeness (QED) is 0.687. The van der Waals surface area contributed by atoms with E-state index in [1.165, 1.54) is 6.42 Å². The van der Waals surface area contributed by atoms with Gasteiger partial charge in [0.15, 0.2) is 0 Å². The van der Waals surface area contributed by atoms with E-state index in [-0.39, 0.29) is 31.1 Å². The van der Waals surface area contributed by atoms with Gasteiger partial charge in [-0.05, 0) is 13.3 Å². The Bertz CT molecular complexity index is 62.3. The molecule has 0 radical (unpaired) electrons. The summed E-state index contributed by atoms with van der Waals surface area (Å²) in [6.45, 7) is 13.8. The molecule has 0 saturated carbocycles. The summed E-state index contributed by atoms with van der Waals surface area (Å²) in [6, 6.07) is 0.639. The Labute approximate surface area is 88.9 Å². The van der Waals surface area contributed by atoms with Crippen LogP contribution in [0.3, 0.4) is 0 Å². The van der Waals surface area contributed by atoms with Crippen molar-refractivity contribution < 1.29 is 31.1 Å². The van der Waals surface area contributed by atoms with Crippen molar-refractivity contribution >= 4 is 0 Å². The molecule has 0 aromatic carbocycles. The molecule has 2 heteroatoms. The molecule has 0 saturated heterocycles. The van der Waals surface area contributed by atoms with Gasteiger partial charge in [-0.3, -0.25) is 0 Å². The van der Waals surface area contributed by atoms with Crippen LogP contribution in [0.5, 0.6) is 0 Å². The molecule has 1 atom stereocenters. The Kier molecular flexibility index (Phi) is 11.0. The molecule has 0 bridgehead atoms.